The van der Waals surface area contributed by atoms with Gasteiger partial charge in [-0.2, -0.15) is 9.78 Å². The molecule has 0 fully saturated rings. The first-order valence-corrected chi connectivity index (χ1v) is 13.1. The predicted molar refractivity (Wildman–Crippen MR) is 147 cm³/mol. The van der Waals surface area contributed by atoms with Crippen molar-refractivity contribution in [3.05, 3.63) is 114 Å². The summed E-state index contributed by atoms with van der Waals surface area (Å²) < 4.78 is 6.86. The van der Waals surface area contributed by atoms with Crippen LogP contribution in [0.15, 0.2) is 70.4 Å². The third kappa shape index (κ3) is 5.75. The quantitative estimate of drug-likeness (QED) is 0.305. The van der Waals surface area contributed by atoms with Crippen molar-refractivity contribution < 1.29 is 14.6 Å². The first-order valence-electron chi connectivity index (χ1n) is 12.3. The molecule has 1 amide bonds. The number of hydrogen-bond acceptors (Lipinski definition) is 6. The monoisotopic (exact) mass is 566 g/mol. The van der Waals surface area contributed by atoms with Gasteiger partial charge in [0, 0.05) is 18.0 Å². The highest BCUT2D eigenvalue weighted by Gasteiger charge is 2.22. The Morgan fingerprint density at radius 2 is 1.90 bits per heavy atom. The number of fused-ring (bicyclic) bond motifs is 1. The van der Waals surface area contributed by atoms with Gasteiger partial charge < -0.3 is 15.2 Å². The summed E-state index contributed by atoms with van der Waals surface area (Å²) in [7, 11) is 0. The topological polar surface area (TPSA) is 126 Å². The average molecular weight is 567 g/mol. The number of halogens is 2. The van der Waals surface area contributed by atoms with Crippen molar-refractivity contribution in [2.45, 2.75) is 31.8 Å². The van der Waals surface area contributed by atoms with Crippen molar-refractivity contribution in [1.82, 2.24) is 20.1 Å². The van der Waals surface area contributed by atoms with Gasteiger partial charge in [-0.05, 0) is 60.2 Å². The second-order valence-electron chi connectivity index (χ2n) is 9.17. The Bertz CT molecular complexity index is 1640. The lowest BCUT2D eigenvalue weighted by atomic mass is 9.83. The van der Waals surface area contributed by atoms with Crippen molar-refractivity contribution >= 4 is 29.1 Å². The van der Waals surface area contributed by atoms with Crippen molar-refractivity contribution in [3.63, 3.8) is 0 Å². The molecule has 4 aromatic rings. The Morgan fingerprint density at radius 1 is 1.13 bits per heavy atom. The van der Waals surface area contributed by atoms with Gasteiger partial charge in [0.25, 0.3) is 11.5 Å². The van der Waals surface area contributed by atoms with E-state index >= 15 is 0 Å². The molecule has 39 heavy (non-hydrogen) atoms. The van der Waals surface area contributed by atoms with Gasteiger partial charge in [0.1, 0.15) is 11.9 Å². The molecule has 0 saturated carbocycles. The second-order valence-corrected chi connectivity index (χ2v) is 9.98. The number of carbonyl (C=O) groups is 1. The molecule has 200 valence electrons. The number of ether oxygens (including phenoxy) is 1. The maximum atomic E-state index is 13.2. The number of nitrogens with zero attached hydrogens (tertiary/aromatic N) is 2. The van der Waals surface area contributed by atoms with E-state index in [-0.39, 0.29) is 51.2 Å². The maximum Gasteiger partial charge on any atom is 0.349 e. The summed E-state index contributed by atoms with van der Waals surface area (Å²) in [4.78, 5) is 38.7. The average Bonchev–Trinajstić information content (AvgIpc) is 2.93. The predicted octanol–water partition coefficient (Wildman–Crippen LogP) is 4.36. The minimum absolute atomic E-state index is 0.0746. The number of amides is 1. The van der Waals surface area contributed by atoms with E-state index in [1.807, 2.05) is 12.1 Å². The fourth-order valence-corrected chi connectivity index (χ4v) is 5.32. The Kier molecular flexibility index (Phi) is 7.83. The fourth-order valence-electron chi connectivity index (χ4n) is 4.77. The Balaban J connectivity index is 1.36. The third-order valence-corrected chi connectivity index (χ3v) is 7.22. The summed E-state index contributed by atoms with van der Waals surface area (Å²) >= 11 is 12.8. The highest BCUT2D eigenvalue weighted by Crippen LogP contribution is 2.38. The number of aromatic nitrogens is 3. The molecule has 0 aliphatic heterocycles. The van der Waals surface area contributed by atoms with Crippen molar-refractivity contribution in [1.29, 1.82) is 0 Å². The van der Waals surface area contributed by atoms with Crippen LogP contribution in [0.4, 0.5) is 0 Å². The van der Waals surface area contributed by atoms with Gasteiger partial charge in [0.05, 0.1) is 22.3 Å². The van der Waals surface area contributed by atoms with Crippen LogP contribution in [-0.2, 0) is 13.0 Å². The van der Waals surface area contributed by atoms with E-state index in [0.29, 0.717) is 12.1 Å². The normalized spacial score (nSPS) is 14.5. The van der Waals surface area contributed by atoms with E-state index in [1.165, 1.54) is 29.3 Å². The Hall–Kier alpha value is -3.92. The zero-order valence-corrected chi connectivity index (χ0v) is 22.1. The number of nitrogens with one attached hydrogen (secondary N) is 2. The van der Waals surface area contributed by atoms with Crippen LogP contribution in [0.2, 0.25) is 10.0 Å². The number of H-pyrrole nitrogens is 1. The van der Waals surface area contributed by atoms with Crippen LogP contribution in [-0.4, -0.2) is 32.3 Å². The summed E-state index contributed by atoms with van der Waals surface area (Å²) in [6.07, 6.45) is 4.05. The maximum absolute atomic E-state index is 13.2. The highest BCUT2D eigenvalue weighted by molar-refractivity contribution is 6.37. The first kappa shape index (κ1) is 26.7. The van der Waals surface area contributed by atoms with Gasteiger partial charge in [-0.25, -0.2) is 4.79 Å². The largest absolute Gasteiger partial charge is 0.454 e. The number of aromatic amines is 1. The molecule has 0 spiro atoms. The lowest BCUT2D eigenvalue weighted by Crippen LogP contribution is -2.30. The number of aliphatic hydroxyl groups is 1. The van der Waals surface area contributed by atoms with Gasteiger partial charge in [0.15, 0.2) is 5.75 Å². The molecule has 1 unspecified atom stereocenters. The van der Waals surface area contributed by atoms with E-state index in [1.54, 1.807) is 12.1 Å². The molecular weight excluding hydrogens is 543 g/mol. The molecule has 1 aliphatic carbocycles. The number of rotatable bonds is 7. The molecule has 0 bridgehead atoms. The van der Waals surface area contributed by atoms with Crippen molar-refractivity contribution in [2.75, 3.05) is 6.54 Å². The van der Waals surface area contributed by atoms with Crippen LogP contribution >= 0.6 is 23.2 Å². The third-order valence-electron chi connectivity index (χ3n) is 6.66. The summed E-state index contributed by atoms with van der Waals surface area (Å²) in [5.74, 6) is 0.262. The number of aryl methyl sites for hydroxylation is 1. The smallest absolute Gasteiger partial charge is 0.349 e. The van der Waals surface area contributed by atoms with Gasteiger partial charge in [-0.15, -0.1) is 0 Å². The van der Waals surface area contributed by atoms with Crippen LogP contribution in [0.3, 0.4) is 0 Å². The zero-order valence-electron chi connectivity index (χ0n) is 20.6. The lowest BCUT2D eigenvalue weighted by Gasteiger charge is -2.25. The van der Waals surface area contributed by atoms with E-state index in [2.05, 4.69) is 27.5 Å². The van der Waals surface area contributed by atoms with E-state index in [4.69, 9.17) is 27.9 Å². The minimum atomic E-state index is -0.754. The number of aliphatic hydroxyl groups excluding tert-OH is 1. The van der Waals surface area contributed by atoms with Gasteiger partial charge in [-0.3, -0.25) is 14.6 Å². The molecular formula is C28H24Cl2N4O5. The minimum Gasteiger partial charge on any atom is -0.454 e. The second kappa shape index (κ2) is 11.4. The SMILES string of the molecule is O=C(NCC1CCCc2ccccc21)c1cc(Oc2c(Cl)cc(-n3ncc(=O)[nH]c3=O)cc2Cl)ccc1CO. The summed E-state index contributed by atoms with van der Waals surface area (Å²) in [6, 6.07) is 15.8. The van der Waals surface area contributed by atoms with Gasteiger partial charge >= 0.3 is 5.69 Å². The van der Waals surface area contributed by atoms with E-state index in [0.717, 1.165) is 30.1 Å². The molecule has 1 heterocycles. The fraction of sp³-hybridized carbons (Fsp3) is 0.214. The standard InChI is InChI=1S/C28H24Cl2N4O5/c29-23-10-19(34-28(38)33-25(36)14-32-34)11-24(30)26(23)39-20-9-8-18(15-35)22(12-20)27(37)31-13-17-6-3-5-16-4-1-2-7-21(16)17/h1-2,4,7-12,14,17,35H,3,5-6,13,15H2,(H,31,37)(H,33,36,38). The molecule has 11 heteroatoms. The number of carbonyl (C=O) groups excluding carboxylic acids is 1. The molecule has 3 aromatic carbocycles. The highest BCUT2D eigenvalue weighted by atomic mass is 35.5. The molecule has 0 radical (unpaired) electrons. The van der Waals surface area contributed by atoms with Crippen LogP contribution < -0.4 is 21.3 Å². The molecule has 9 nitrogen and oxygen atoms in total. The molecule has 3 N–H and O–H groups in total. The molecule has 1 aliphatic rings. The number of benzene rings is 3. The molecule has 5 rings (SSSR count). The van der Waals surface area contributed by atoms with E-state index in [9.17, 15) is 19.5 Å². The molecule has 1 atom stereocenters. The van der Waals surface area contributed by atoms with Crippen LogP contribution in [0.25, 0.3) is 5.69 Å². The Morgan fingerprint density at radius 3 is 2.64 bits per heavy atom. The Labute approximate surface area is 233 Å². The molecule has 1 aromatic heterocycles. The summed E-state index contributed by atoms with van der Waals surface area (Å²) in [5.41, 5.74) is 2.12. The van der Waals surface area contributed by atoms with Crippen LogP contribution in [0, 0.1) is 0 Å². The first-order chi connectivity index (χ1) is 18.8. The van der Waals surface area contributed by atoms with Crippen LogP contribution in [0.5, 0.6) is 11.5 Å². The van der Waals surface area contributed by atoms with Crippen molar-refractivity contribution in [3.8, 4) is 17.2 Å². The lowest BCUT2D eigenvalue weighted by molar-refractivity contribution is 0.0947. The summed E-state index contributed by atoms with van der Waals surface area (Å²) in [6.45, 7) is 0.148. The number of hydrogen-bond donors (Lipinski definition) is 3. The van der Waals surface area contributed by atoms with E-state index < -0.39 is 11.2 Å². The van der Waals surface area contributed by atoms with Gasteiger partial charge in [0.2, 0.25) is 0 Å². The zero-order chi connectivity index (χ0) is 27.5. The van der Waals surface area contributed by atoms with Crippen molar-refractivity contribution in [2.24, 2.45) is 0 Å². The van der Waals surface area contributed by atoms with Gasteiger partial charge in [-0.1, -0.05) is 53.5 Å². The van der Waals surface area contributed by atoms with Crippen LogP contribution in [0.1, 0.15) is 45.8 Å². The summed E-state index contributed by atoms with van der Waals surface area (Å²) in [5, 5.41) is 16.8. The molecule has 0 saturated heterocycles.